The zero-order valence-electron chi connectivity index (χ0n) is 20.9. The molecule has 0 aliphatic rings. The molecule has 3 N–H and O–H groups in total. The number of alkyl halides is 3. The average molecular weight is 514 g/mol. The van der Waals surface area contributed by atoms with E-state index < -0.39 is 36.7 Å². The first kappa shape index (κ1) is 27.6. The minimum atomic E-state index is -4.55. The van der Waals surface area contributed by atoms with Gasteiger partial charge in [0, 0.05) is 11.6 Å². The fourth-order valence-corrected chi connectivity index (χ4v) is 3.86. The van der Waals surface area contributed by atoms with E-state index in [2.05, 4.69) is 5.32 Å². The van der Waals surface area contributed by atoms with Crippen molar-refractivity contribution in [2.24, 2.45) is 0 Å². The van der Waals surface area contributed by atoms with Crippen LogP contribution in [0.4, 0.5) is 29.3 Å². The van der Waals surface area contributed by atoms with Crippen LogP contribution in [0.15, 0.2) is 72.8 Å². The molecule has 0 radical (unpaired) electrons. The van der Waals surface area contributed by atoms with Gasteiger partial charge in [0.05, 0.1) is 23.8 Å². The summed E-state index contributed by atoms with van der Waals surface area (Å²) in [7, 11) is 0. The van der Waals surface area contributed by atoms with Crippen molar-refractivity contribution in [1.29, 1.82) is 0 Å². The molecule has 0 saturated carbocycles. The molecule has 3 rings (SSSR count). The fraction of sp³-hybridized carbons (Fsp3) is 0.286. The third kappa shape index (κ3) is 7.73. The molecule has 37 heavy (non-hydrogen) atoms. The Morgan fingerprint density at radius 1 is 0.973 bits per heavy atom. The molecular weight excluding hydrogens is 483 g/mol. The lowest BCUT2D eigenvalue weighted by Gasteiger charge is -2.35. The number of nitrogen functional groups attached to an aromatic ring is 1. The Balaban J connectivity index is 1.82. The lowest BCUT2D eigenvalue weighted by atomic mass is 9.99. The Bertz CT molecular complexity index is 1210. The number of carbonyl (C=O) groups is 2. The molecule has 0 aliphatic heterocycles. The molecule has 0 spiro atoms. The second-order valence-electron chi connectivity index (χ2n) is 9.04. The number of amides is 2. The van der Waals surface area contributed by atoms with E-state index in [1.54, 1.807) is 50.2 Å². The number of nitrogens with one attached hydrogen (secondary N) is 1. The predicted molar refractivity (Wildman–Crippen MR) is 137 cm³/mol. The van der Waals surface area contributed by atoms with E-state index in [0.29, 0.717) is 11.4 Å². The third-order valence-corrected chi connectivity index (χ3v) is 5.78. The van der Waals surface area contributed by atoms with Gasteiger partial charge in [-0.2, -0.15) is 13.2 Å². The third-order valence-electron chi connectivity index (χ3n) is 5.78. The number of anilines is 2. The molecule has 1 atom stereocenters. The summed E-state index contributed by atoms with van der Waals surface area (Å²) >= 11 is 0. The molecule has 0 unspecified atom stereocenters. The number of carbonyl (C=O) groups excluding carboxylic acids is 2. The molecule has 2 amide bonds. The SMILES string of the molecule is Cc1ccc(COC(=O)N(C(C)C)[C@H](CC(F)(F)F)c2ccc(C(=O)Nc3ccccc3N)cc2)cc1. The summed E-state index contributed by atoms with van der Waals surface area (Å²) in [5.74, 6) is -0.463. The van der Waals surface area contributed by atoms with Gasteiger partial charge in [-0.1, -0.05) is 54.1 Å². The van der Waals surface area contributed by atoms with Gasteiger partial charge in [0.2, 0.25) is 0 Å². The van der Waals surface area contributed by atoms with Crippen molar-refractivity contribution >= 4 is 23.4 Å². The molecule has 0 heterocycles. The van der Waals surface area contributed by atoms with Gasteiger partial charge < -0.3 is 15.8 Å². The van der Waals surface area contributed by atoms with Crippen LogP contribution >= 0.6 is 0 Å². The minimum absolute atomic E-state index is 0.0667. The topological polar surface area (TPSA) is 84.7 Å². The first-order chi connectivity index (χ1) is 17.4. The van der Waals surface area contributed by atoms with Crippen molar-refractivity contribution in [2.75, 3.05) is 11.1 Å². The van der Waals surface area contributed by atoms with Crippen LogP contribution in [0.25, 0.3) is 0 Å². The molecule has 0 bridgehead atoms. The summed E-state index contributed by atoms with van der Waals surface area (Å²) in [6.07, 6.45) is -6.67. The molecule has 3 aromatic carbocycles. The number of benzene rings is 3. The fourth-order valence-electron chi connectivity index (χ4n) is 3.86. The number of hydrogen-bond donors (Lipinski definition) is 2. The van der Waals surface area contributed by atoms with Crippen molar-refractivity contribution in [1.82, 2.24) is 4.90 Å². The van der Waals surface area contributed by atoms with Crippen LogP contribution in [-0.2, 0) is 11.3 Å². The molecule has 0 aliphatic carbocycles. The maximum Gasteiger partial charge on any atom is 0.410 e. The zero-order valence-corrected chi connectivity index (χ0v) is 20.9. The molecule has 3 aromatic rings. The van der Waals surface area contributed by atoms with Crippen LogP contribution in [-0.4, -0.2) is 29.1 Å². The number of rotatable bonds is 8. The Labute approximate surface area is 214 Å². The summed E-state index contributed by atoms with van der Waals surface area (Å²) in [6.45, 7) is 5.11. The van der Waals surface area contributed by atoms with Crippen LogP contribution in [0.5, 0.6) is 0 Å². The van der Waals surface area contributed by atoms with Crippen LogP contribution in [0.2, 0.25) is 0 Å². The molecule has 0 saturated heterocycles. The number of nitrogens with zero attached hydrogens (tertiary/aromatic N) is 1. The van der Waals surface area contributed by atoms with E-state index in [0.717, 1.165) is 16.0 Å². The number of halogens is 3. The predicted octanol–water partition coefficient (Wildman–Crippen LogP) is 6.87. The highest BCUT2D eigenvalue weighted by atomic mass is 19.4. The molecule has 196 valence electrons. The highest BCUT2D eigenvalue weighted by molar-refractivity contribution is 6.05. The van der Waals surface area contributed by atoms with Crippen molar-refractivity contribution in [2.45, 2.75) is 52.1 Å². The Kier molecular flexibility index (Phi) is 8.81. The second kappa shape index (κ2) is 11.8. The Hall–Kier alpha value is -4.01. The highest BCUT2D eigenvalue weighted by Gasteiger charge is 2.39. The summed E-state index contributed by atoms with van der Waals surface area (Å²) in [5, 5.41) is 2.68. The van der Waals surface area contributed by atoms with Crippen LogP contribution < -0.4 is 11.1 Å². The smallest absolute Gasteiger partial charge is 0.410 e. The summed E-state index contributed by atoms with van der Waals surface area (Å²) < 4.78 is 46.2. The van der Waals surface area contributed by atoms with Gasteiger partial charge in [-0.05, 0) is 56.2 Å². The number of ether oxygens (including phenoxy) is 1. The number of para-hydroxylation sites is 2. The average Bonchev–Trinajstić information content (AvgIpc) is 2.84. The van der Waals surface area contributed by atoms with Crippen LogP contribution in [0, 0.1) is 6.92 Å². The van der Waals surface area contributed by atoms with Crippen molar-refractivity contribution < 1.29 is 27.5 Å². The van der Waals surface area contributed by atoms with Gasteiger partial charge >= 0.3 is 12.3 Å². The van der Waals surface area contributed by atoms with E-state index in [1.807, 2.05) is 19.1 Å². The Morgan fingerprint density at radius 2 is 1.59 bits per heavy atom. The molecular formula is C28H30F3N3O3. The van der Waals surface area contributed by atoms with Gasteiger partial charge in [-0.15, -0.1) is 0 Å². The largest absolute Gasteiger partial charge is 0.445 e. The van der Waals surface area contributed by atoms with Gasteiger partial charge in [0.1, 0.15) is 6.61 Å². The molecule has 6 nitrogen and oxygen atoms in total. The quantitative estimate of drug-likeness (QED) is 0.322. The maximum atomic E-state index is 13.6. The molecule has 9 heteroatoms. The van der Waals surface area contributed by atoms with E-state index >= 15 is 0 Å². The lowest BCUT2D eigenvalue weighted by molar-refractivity contribution is -0.148. The first-order valence-corrected chi connectivity index (χ1v) is 11.8. The van der Waals surface area contributed by atoms with Gasteiger partial charge in [0.15, 0.2) is 0 Å². The summed E-state index contributed by atoms with van der Waals surface area (Å²) in [6, 6.07) is 17.8. The number of nitrogens with two attached hydrogens (primary N) is 1. The van der Waals surface area contributed by atoms with Crippen LogP contribution in [0.1, 0.15) is 53.4 Å². The minimum Gasteiger partial charge on any atom is -0.445 e. The van der Waals surface area contributed by atoms with Crippen LogP contribution in [0.3, 0.4) is 0 Å². The van der Waals surface area contributed by atoms with E-state index in [4.69, 9.17) is 10.5 Å². The standard InChI is InChI=1S/C28H30F3N3O3/c1-18(2)34(27(36)37-17-20-10-8-19(3)9-11-20)25(16-28(29,30)31)21-12-14-22(15-13-21)26(35)33-24-7-5-4-6-23(24)32/h4-15,18,25H,16-17,32H2,1-3H3,(H,33,35)/t25-/m1/s1. The molecule has 0 fully saturated rings. The van der Waals surface area contributed by atoms with Gasteiger partial charge in [0.25, 0.3) is 5.91 Å². The number of hydrogen-bond acceptors (Lipinski definition) is 4. The van der Waals surface area contributed by atoms with E-state index in [-0.39, 0.29) is 17.7 Å². The number of aryl methyl sites for hydroxylation is 1. The van der Waals surface area contributed by atoms with E-state index in [1.165, 1.54) is 24.3 Å². The highest BCUT2D eigenvalue weighted by Crippen LogP contribution is 2.36. The van der Waals surface area contributed by atoms with E-state index in [9.17, 15) is 22.8 Å². The molecule has 0 aromatic heterocycles. The maximum absolute atomic E-state index is 13.6. The lowest BCUT2D eigenvalue weighted by Crippen LogP contribution is -2.42. The Morgan fingerprint density at radius 3 is 2.16 bits per heavy atom. The van der Waals surface area contributed by atoms with Crippen molar-refractivity contribution in [3.63, 3.8) is 0 Å². The second-order valence-corrected chi connectivity index (χ2v) is 9.04. The monoisotopic (exact) mass is 513 g/mol. The van der Waals surface area contributed by atoms with Crippen molar-refractivity contribution in [3.05, 3.63) is 95.1 Å². The summed E-state index contributed by atoms with van der Waals surface area (Å²) in [4.78, 5) is 26.7. The van der Waals surface area contributed by atoms with Gasteiger partial charge in [-0.3, -0.25) is 9.69 Å². The van der Waals surface area contributed by atoms with Gasteiger partial charge in [-0.25, -0.2) is 4.79 Å². The first-order valence-electron chi connectivity index (χ1n) is 11.8. The zero-order chi connectivity index (χ0) is 27.2. The van der Waals surface area contributed by atoms with Crippen molar-refractivity contribution in [3.8, 4) is 0 Å². The summed E-state index contributed by atoms with van der Waals surface area (Å²) in [5.41, 5.74) is 8.89. The normalized spacial score (nSPS) is 12.2.